The predicted octanol–water partition coefficient (Wildman–Crippen LogP) is 4.49. The van der Waals surface area contributed by atoms with Gasteiger partial charge in [0.1, 0.15) is 17.7 Å². The van der Waals surface area contributed by atoms with Gasteiger partial charge in [0.05, 0.1) is 0 Å². The van der Waals surface area contributed by atoms with E-state index in [0.717, 1.165) is 24.0 Å². The second-order valence-electron chi connectivity index (χ2n) is 10.7. The van der Waals surface area contributed by atoms with Crippen molar-refractivity contribution in [2.45, 2.75) is 104 Å². The lowest BCUT2D eigenvalue weighted by Gasteiger charge is -2.36. The largest absolute Gasteiger partial charge is 0.444 e. The topological polar surface area (TPSA) is 87.7 Å². The Morgan fingerprint density at radius 2 is 1.67 bits per heavy atom. The van der Waals surface area contributed by atoms with Gasteiger partial charge in [-0.05, 0) is 77.8 Å². The highest BCUT2D eigenvalue weighted by Crippen LogP contribution is 2.37. The zero-order chi connectivity index (χ0) is 24.9. The quantitative estimate of drug-likeness (QED) is 0.569. The normalized spacial score (nSPS) is 15.7. The van der Waals surface area contributed by atoms with Crippen LogP contribution >= 0.6 is 0 Å². The van der Waals surface area contributed by atoms with Gasteiger partial charge < -0.3 is 20.3 Å². The van der Waals surface area contributed by atoms with E-state index in [1.54, 1.807) is 25.7 Å². The fraction of sp³-hybridized carbons (Fsp3) is 0.654. The molecule has 1 aromatic carbocycles. The van der Waals surface area contributed by atoms with Gasteiger partial charge in [0.2, 0.25) is 11.8 Å². The standard InChI is InChI=1S/C26H41N3O4/c1-16(2)15-21(28-25(32)33-26(6,7)8)24(31)29(19-13-14-19)22(23(30)27-17(3)4)20-12-10-9-11-18(20)5/h9-12,16-17,19,21-22H,13-15H2,1-8H3,(H,27,30)(H,28,32). The Morgan fingerprint density at radius 1 is 1.06 bits per heavy atom. The molecular weight excluding hydrogens is 418 g/mol. The van der Waals surface area contributed by atoms with Crippen molar-refractivity contribution in [2.75, 3.05) is 0 Å². The molecule has 0 spiro atoms. The van der Waals surface area contributed by atoms with Gasteiger partial charge in [0.15, 0.2) is 0 Å². The molecule has 1 saturated carbocycles. The predicted molar refractivity (Wildman–Crippen MR) is 130 cm³/mol. The number of hydrogen-bond donors (Lipinski definition) is 2. The fourth-order valence-electron chi connectivity index (χ4n) is 3.87. The van der Waals surface area contributed by atoms with Gasteiger partial charge in [-0.3, -0.25) is 9.59 Å². The molecule has 184 valence electrons. The molecule has 2 unspecified atom stereocenters. The van der Waals surface area contributed by atoms with Crippen LogP contribution in [0.25, 0.3) is 0 Å². The van der Waals surface area contributed by atoms with Gasteiger partial charge in [0.25, 0.3) is 0 Å². The minimum absolute atomic E-state index is 0.0323. The molecule has 2 rings (SSSR count). The molecule has 0 bridgehead atoms. The first-order valence-corrected chi connectivity index (χ1v) is 12.0. The van der Waals surface area contributed by atoms with Crippen molar-refractivity contribution >= 4 is 17.9 Å². The average molecular weight is 460 g/mol. The zero-order valence-electron chi connectivity index (χ0n) is 21.4. The maximum Gasteiger partial charge on any atom is 0.408 e. The summed E-state index contributed by atoms with van der Waals surface area (Å²) in [5.41, 5.74) is 1.07. The Balaban J connectivity index is 2.44. The van der Waals surface area contributed by atoms with Crippen LogP contribution in [0.2, 0.25) is 0 Å². The molecule has 2 N–H and O–H groups in total. The highest BCUT2D eigenvalue weighted by atomic mass is 16.6. The van der Waals surface area contributed by atoms with E-state index in [9.17, 15) is 14.4 Å². The summed E-state index contributed by atoms with van der Waals surface area (Å²) in [5.74, 6) is -0.291. The van der Waals surface area contributed by atoms with E-state index in [2.05, 4.69) is 10.6 Å². The van der Waals surface area contributed by atoms with Crippen LogP contribution in [0.15, 0.2) is 24.3 Å². The van der Waals surface area contributed by atoms with Crippen molar-refractivity contribution in [3.8, 4) is 0 Å². The van der Waals surface area contributed by atoms with Crippen LogP contribution in [0.1, 0.15) is 84.9 Å². The molecule has 0 saturated heterocycles. The van der Waals surface area contributed by atoms with Crippen LogP contribution in [-0.2, 0) is 14.3 Å². The summed E-state index contributed by atoms with van der Waals surface area (Å²) in [5, 5.41) is 5.78. The molecular formula is C26H41N3O4. The molecule has 1 fully saturated rings. The molecule has 0 aromatic heterocycles. The highest BCUT2D eigenvalue weighted by Gasteiger charge is 2.44. The number of hydrogen-bond acceptors (Lipinski definition) is 4. The fourth-order valence-corrected chi connectivity index (χ4v) is 3.87. The summed E-state index contributed by atoms with van der Waals surface area (Å²) in [4.78, 5) is 41.6. The van der Waals surface area contributed by atoms with Crippen molar-refractivity contribution in [1.29, 1.82) is 0 Å². The Morgan fingerprint density at radius 3 is 2.15 bits per heavy atom. The zero-order valence-corrected chi connectivity index (χ0v) is 21.4. The Hall–Kier alpha value is -2.57. The number of carbonyl (C=O) groups is 3. The van der Waals surface area contributed by atoms with E-state index in [1.807, 2.05) is 58.9 Å². The number of aryl methyl sites for hydroxylation is 1. The summed E-state index contributed by atoms with van der Waals surface area (Å²) in [6.45, 7) is 15.1. The van der Waals surface area contributed by atoms with Gasteiger partial charge in [-0.15, -0.1) is 0 Å². The molecule has 1 aromatic rings. The first-order valence-electron chi connectivity index (χ1n) is 12.0. The summed E-state index contributed by atoms with van der Waals surface area (Å²) in [7, 11) is 0. The number of rotatable bonds is 9. The average Bonchev–Trinajstić information content (AvgIpc) is 3.48. The van der Waals surface area contributed by atoms with Crippen molar-refractivity contribution in [2.24, 2.45) is 5.92 Å². The summed E-state index contributed by atoms with van der Waals surface area (Å²) in [6, 6.07) is 6.03. The third-order valence-corrected chi connectivity index (χ3v) is 5.33. The SMILES string of the molecule is Cc1ccccc1C(C(=O)NC(C)C)N(C(=O)C(CC(C)C)NC(=O)OC(C)(C)C)C1CC1. The van der Waals surface area contributed by atoms with E-state index in [4.69, 9.17) is 4.74 Å². The Bertz CT molecular complexity index is 840. The van der Waals surface area contributed by atoms with Crippen molar-refractivity contribution in [3.63, 3.8) is 0 Å². The van der Waals surface area contributed by atoms with Crippen LogP contribution in [0.4, 0.5) is 4.79 Å². The minimum Gasteiger partial charge on any atom is -0.444 e. The summed E-state index contributed by atoms with van der Waals surface area (Å²) in [6.07, 6.45) is 1.50. The third-order valence-electron chi connectivity index (χ3n) is 5.33. The van der Waals surface area contributed by atoms with E-state index in [0.29, 0.717) is 6.42 Å². The molecule has 0 heterocycles. The van der Waals surface area contributed by atoms with Gasteiger partial charge in [-0.1, -0.05) is 38.1 Å². The maximum absolute atomic E-state index is 14.0. The molecule has 0 radical (unpaired) electrons. The lowest BCUT2D eigenvalue weighted by molar-refractivity contribution is -0.143. The summed E-state index contributed by atoms with van der Waals surface area (Å²) < 4.78 is 5.42. The van der Waals surface area contributed by atoms with Crippen LogP contribution in [-0.4, -0.2) is 46.5 Å². The van der Waals surface area contributed by atoms with Gasteiger partial charge >= 0.3 is 6.09 Å². The number of ether oxygens (including phenoxy) is 1. The summed E-state index contributed by atoms with van der Waals surface area (Å²) >= 11 is 0. The number of benzene rings is 1. The van der Waals surface area contributed by atoms with Crippen molar-refractivity contribution in [1.82, 2.24) is 15.5 Å². The Kier molecular flexibility index (Phi) is 8.92. The molecule has 2 atom stereocenters. The number of carbonyl (C=O) groups excluding carboxylic acids is 3. The van der Waals surface area contributed by atoms with Crippen molar-refractivity contribution < 1.29 is 19.1 Å². The third kappa shape index (κ3) is 8.06. The molecule has 0 aliphatic heterocycles. The van der Waals surface area contributed by atoms with Crippen LogP contribution in [0.5, 0.6) is 0 Å². The molecule has 1 aliphatic carbocycles. The number of amides is 3. The first kappa shape index (κ1) is 26.7. The molecule has 33 heavy (non-hydrogen) atoms. The van der Waals surface area contributed by atoms with Gasteiger partial charge in [0, 0.05) is 12.1 Å². The van der Waals surface area contributed by atoms with Crippen LogP contribution < -0.4 is 10.6 Å². The minimum atomic E-state index is -0.779. The highest BCUT2D eigenvalue weighted by molar-refractivity contribution is 5.92. The van der Waals surface area contributed by atoms with E-state index in [1.165, 1.54) is 0 Å². The molecule has 7 nitrogen and oxygen atoms in total. The van der Waals surface area contributed by atoms with E-state index >= 15 is 0 Å². The lowest BCUT2D eigenvalue weighted by atomic mass is 9.96. The molecule has 3 amide bonds. The first-order chi connectivity index (χ1) is 15.3. The monoisotopic (exact) mass is 459 g/mol. The van der Waals surface area contributed by atoms with Crippen LogP contribution in [0, 0.1) is 12.8 Å². The molecule has 7 heteroatoms. The second kappa shape index (κ2) is 11.0. The molecule has 1 aliphatic rings. The van der Waals surface area contributed by atoms with Crippen LogP contribution in [0.3, 0.4) is 0 Å². The number of alkyl carbamates (subject to hydrolysis) is 1. The number of nitrogens with one attached hydrogen (secondary N) is 2. The van der Waals surface area contributed by atoms with Crippen molar-refractivity contribution in [3.05, 3.63) is 35.4 Å². The maximum atomic E-state index is 14.0. The van der Waals surface area contributed by atoms with E-state index < -0.39 is 23.8 Å². The van der Waals surface area contributed by atoms with Gasteiger partial charge in [-0.25, -0.2) is 4.79 Å². The Labute approximate surface area is 198 Å². The van der Waals surface area contributed by atoms with Gasteiger partial charge in [-0.2, -0.15) is 0 Å². The lowest BCUT2D eigenvalue weighted by Crippen LogP contribution is -2.54. The number of nitrogens with zero attached hydrogens (tertiary/aromatic N) is 1. The second-order valence-corrected chi connectivity index (χ2v) is 10.7. The van der Waals surface area contributed by atoms with E-state index in [-0.39, 0.29) is 29.8 Å². The smallest absolute Gasteiger partial charge is 0.408 e.